The first-order chi connectivity index (χ1) is 7.33. The fourth-order valence-corrected chi connectivity index (χ4v) is 1.36. The maximum Gasteiger partial charge on any atom is 0.0603 e. The molecule has 1 N–H and O–H groups in total. The smallest absolute Gasteiger partial charge is 0.0603 e. The fraction of sp³-hybridized carbons (Fsp3) is 1.00. The van der Waals surface area contributed by atoms with E-state index in [-0.39, 0.29) is 0 Å². The van der Waals surface area contributed by atoms with E-state index in [1.54, 1.807) is 0 Å². The van der Waals surface area contributed by atoms with E-state index in [4.69, 9.17) is 4.74 Å². The summed E-state index contributed by atoms with van der Waals surface area (Å²) >= 11 is 0. The van der Waals surface area contributed by atoms with E-state index in [9.17, 15) is 0 Å². The molecule has 1 aliphatic heterocycles. The van der Waals surface area contributed by atoms with Gasteiger partial charge >= 0.3 is 0 Å². The average molecular weight is 217 g/mol. The van der Waals surface area contributed by atoms with Crippen molar-refractivity contribution in [3.8, 4) is 0 Å². The number of hydrogen-bond acceptors (Lipinski definition) is 2. The molecule has 1 unspecified atom stereocenters. The molecule has 0 radical (unpaired) electrons. The van der Waals surface area contributed by atoms with Crippen molar-refractivity contribution in [3.05, 3.63) is 0 Å². The predicted molar refractivity (Wildman–Crippen MR) is 69.4 cm³/mol. The molecular formula is C13H31NO. The van der Waals surface area contributed by atoms with Gasteiger partial charge in [-0.1, -0.05) is 34.6 Å². The number of hydrogen-bond donors (Lipinski definition) is 1. The Balaban J connectivity index is 0. The molecule has 1 rings (SSSR count). The molecular weight excluding hydrogens is 186 g/mol. The molecule has 94 valence electrons. The van der Waals surface area contributed by atoms with Crippen molar-refractivity contribution in [1.82, 2.24) is 5.32 Å². The Morgan fingerprint density at radius 1 is 1.13 bits per heavy atom. The van der Waals surface area contributed by atoms with Crippen molar-refractivity contribution >= 4 is 0 Å². The van der Waals surface area contributed by atoms with Crippen LogP contribution in [0.4, 0.5) is 0 Å². The summed E-state index contributed by atoms with van der Waals surface area (Å²) in [4.78, 5) is 0. The molecule has 1 fully saturated rings. The summed E-state index contributed by atoms with van der Waals surface area (Å²) in [5.41, 5.74) is 0. The fourth-order valence-electron chi connectivity index (χ4n) is 1.36. The van der Waals surface area contributed by atoms with Gasteiger partial charge in [-0.05, 0) is 39.3 Å². The summed E-state index contributed by atoms with van der Waals surface area (Å²) in [5, 5.41) is 3.33. The second-order valence-corrected chi connectivity index (χ2v) is 3.30. The van der Waals surface area contributed by atoms with Gasteiger partial charge in [-0.3, -0.25) is 0 Å². The molecule has 0 bridgehead atoms. The van der Waals surface area contributed by atoms with E-state index < -0.39 is 0 Å². The average Bonchev–Trinajstić information content (AvgIpc) is 2.35. The molecule has 15 heavy (non-hydrogen) atoms. The van der Waals surface area contributed by atoms with Crippen molar-refractivity contribution in [1.29, 1.82) is 0 Å². The largest absolute Gasteiger partial charge is 0.375 e. The van der Waals surface area contributed by atoms with Crippen LogP contribution in [0.15, 0.2) is 0 Å². The van der Waals surface area contributed by atoms with Gasteiger partial charge in [0.05, 0.1) is 12.2 Å². The maximum atomic E-state index is 5.80. The van der Waals surface area contributed by atoms with Gasteiger partial charge < -0.3 is 10.1 Å². The normalized spacial score (nSPS) is 18.0. The highest BCUT2D eigenvalue weighted by Gasteiger charge is 2.14. The van der Waals surface area contributed by atoms with Gasteiger partial charge in [-0.2, -0.15) is 0 Å². The SMILES string of the molecule is CC.CC.CCC(C)OC1CCNCC1. The molecule has 2 nitrogen and oxygen atoms in total. The number of nitrogens with one attached hydrogen (secondary N) is 1. The van der Waals surface area contributed by atoms with Crippen molar-refractivity contribution in [3.63, 3.8) is 0 Å². The number of ether oxygens (including phenoxy) is 1. The third-order valence-electron chi connectivity index (χ3n) is 2.29. The zero-order valence-electron chi connectivity index (χ0n) is 11.6. The summed E-state index contributed by atoms with van der Waals surface area (Å²) in [5.74, 6) is 0. The quantitative estimate of drug-likeness (QED) is 0.780. The molecule has 1 aliphatic rings. The van der Waals surface area contributed by atoms with Crippen molar-refractivity contribution in [2.24, 2.45) is 0 Å². The highest BCUT2D eigenvalue weighted by molar-refractivity contribution is 4.69. The molecule has 0 aliphatic carbocycles. The lowest BCUT2D eigenvalue weighted by Crippen LogP contribution is -2.34. The van der Waals surface area contributed by atoms with Crippen LogP contribution in [0.5, 0.6) is 0 Å². The topological polar surface area (TPSA) is 21.3 Å². The summed E-state index contributed by atoms with van der Waals surface area (Å²) in [6, 6.07) is 0. The first kappa shape index (κ1) is 17.3. The lowest BCUT2D eigenvalue weighted by molar-refractivity contribution is -0.0185. The zero-order valence-corrected chi connectivity index (χ0v) is 11.6. The van der Waals surface area contributed by atoms with Crippen LogP contribution in [-0.4, -0.2) is 25.3 Å². The van der Waals surface area contributed by atoms with Crippen LogP contribution in [0.3, 0.4) is 0 Å². The minimum Gasteiger partial charge on any atom is -0.375 e. The Morgan fingerprint density at radius 3 is 2.00 bits per heavy atom. The summed E-state index contributed by atoms with van der Waals surface area (Å²) in [6.45, 7) is 14.6. The number of rotatable bonds is 3. The predicted octanol–water partition coefficient (Wildman–Crippen LogP) is 3.61. The molecule has 1 atom stereocenters. The Morgan fingerprint density at radius 2 is 1.60 bits per heavy atom. The Kier molecular flexibility index (Phi) is 16.1. The van der Waals surface area contributed by atoms with E-state index in [0.717, 1.165) is 19.5 Å². The lowest BCUT2D eigenvalue weighted by atomic mass is 10.1. The van der Waals surface area contributed by atoms with Crippen LogP contribution in [0.25, 0.3) is 0 Å². The zero-order chi connectivity index (χ0) is 12.1. The van der Waals surface area contributed by atoms with E-state index >= 15 is 0 Å². The standard InChI is InChI=1S/C9H19NO.2C2H6/c1-3-8(2)11-9-4-6-10-7-5-9;2*1-2/h8-10H,3-7H2,1-2H3;2*1-2H3. The molecule has 1 heterocycles. The first-order valence-electron chi connectivity index (χ1n) is 6.69. The Bertz CT molecular complexity index is 101. The molecule has 2 heteroatoms. The van der Waals surface area contributed by atoms with Crippen LogP contribution in [0.2, 0.25) is 0 Å². The van der Waals surface area contributed by atoms with Crippen LogP contribution in [0, 0.1) is 0 Å². The highest BCUT2D eigenvalue weighted by Crippen LogP contribution is 2.11. The van der Waals surface area contributed by atoms with Gasteiger partial charge in [0.25, 0.3) is 0 Å². The third kappa shape index (κ3) is 10.2. The van der Waals surface area contributed by atoms with E-state index in [0.29, 0.717) is 12.2 Å². The van der Waals surface area contributed by atoms with Crippen molar-refractivity contribution in [2.45, 2.75) is 73.0 Å². The summed E-state index contributed by atoms with van der Waals surface area (Å²) in [7, 11) is 0. The monoisotopic (exact) mass is 217 g/mol. The molecule has 0 amide bonds. The summed E-state index contributed by atoms with van der Waals surface area (Å²) < 4.78 is 5.80. The van der Waals surface area contributed by atoms with Crippen molar-refractivity contribution < 1.29 is 4.74 Å². The Labute approximate surface area is 96.8 Å². The van der Waals surface area contributed by atoms with Gasteiger partial charge in [0.2, 0.25) is 0 Å². The van der Waals surface area contributed by atoms with Gasteiger partial charge in [-0.15, -0.1) is 0 Å². The Hall–Kier alpha value is -0.0800. The van der Waals surface area contributed by atoms with Crippen LogP contribution in [0.1, 0.15) is 60.8 Å². The second-order valence-electron chi connectivity index (χ2n) is 3.30. The van der Waals surface area contributed by atoms with E-state index in [1.165, 1.54) is 12.8 Å². The minimum atomic E-state index is 0.443. The molecule has 0 aromatic heterocycles. The maximum absolute atomic E-state index is 5.80. The van der Waals surface area contributed by atoms with E-state index in [2.05, 4.69) is 19.2 Å². The van der Waals surface area contributed by atoms with Crippen LogP contribution < -0.4 is 5.32 Å². The first-order valence-corrected chi connectivity index (χ1v) is 6.69. The summed E-state index contributed by atoms with van der Waals surface area (Å²) in [6.07, 6.45) is 4.46. The molecule has 1 saturated heterocycles. The van der Waals surface area contributed by atoms with Crippen molar-refractivity contribution in [2.75, 3.05) is 13.1 Å². The van der Waals surface area contributed by atoms with Gasteiger partial charge in [0.1, 0.15) is 0 Å². The van der Waals surface area contributed by atoms with Crippen LogP contribution in [-0.2, 0) is 4.74 Å². The van der Waals surface area contributed by atoms with E-state index in [1.807, 2.05) is 27.7 Å². The lowest BCUT2D eigenvalue weighted by Gasteiger charge is -2.25. The van der Waals surface area contributed by atoms with Gasteiger partial charge in [-0.25, -0.2) is 0 Å². The molecule has 0 saturated carbocycles. The molecule has 0 aromatic carbocycles. The molecule has 0 spiro atoms. The van der Waals surface area contributed by atoms with Gasteiger partial charge in [0, 0.05) is 0 Å². The van der Waals surface area contributed by atoms with Crippen LogP contribution >= 0.6 is 0 Å². The molecule has 0 aromatic rings. The third-order valence-corrected chi connectivity index (χ3v) is 2.29. The second kappa shape index (κ2) is 13.9. The number of piperidine rings is 1. The highest BCUT2D eigenvalue weighted by atomic mass is 16.5. The van der Waals surface area contributed by atoms with Gasteiger partial charge in [0.15, 0.2) is 0 Å². The minimum absolute atomic E-state index is 0.443.